The number of hydrogen-bond donors (Lipinski definition) is 2. The first kappa shape index (κ1) is 16.4. The van der Waals surface area contributed by atoms with Crippen molar-refractivity contribution in [1.29, 1.82) is 0 Å². The average molecular weight is 308 g/mol. The van der Waals surface area contributed by atoms with Crippen LogP contribution >= 0.6 is 0 Å². The maximum Gasteiger partial charge on any atom is 0.401 e. The molecule has 0 amide bonds. The predicted octanol–water partition coefficient (Wildman–Crippen LogP) is 0.967. The van der Waals surface area contributed by atoms with Crippen LogP contribution in [0.2, 0.25) is 0 Å². The fourth-order valence-electron chi connectivity index (χ4n) is 2.75. The summed E-state index contributed by atoms with van der Waals surface area (Å²) in [7, 11) is 1.66. The summed E-state index contributed by atoms with van der Waals surface area (Å²) in [5, 5.41) is 6.35. The Balaban J connectivity index is 1.70. The van der Waals surface area contributed by atoms with E-state index in [0.717, 1.165) is 19.4 Å². The molecule has 2 N–H and O–H groups in total. The molecule has 0 aromatic carbocycles. The normalized spacial score (nSPS) is 28.1. The second kappa shape index (κ2) is 7.31. The Morgan fingerprint density at radius 3 is 2.81 bits per heavy atom. The van der Waals surface area contributed by atoms with Crippen molar-refractivity contribution in [3.63, 3.8) is 0 Å². The minimum Gasteiger partial charge on any atom is -0.376 e. The van der Waals surface area contributed by atoms with E-state index in [1.54, 1.807) is 7.05 Å². The first-order chi connectivity index (χ1) is 9.96. The Kier molecular flexibility index (Phi) is 5.69. The highest BCUT2D eigenvalue weighted by Gasteiger charge is 2.34. The number of nitrogens with zero attached hydrogens (tertiary/aromatic N) is 2. The summed E-state index contributed by atoms with van der Waals surface area (Å²) < 4.78 is 42.5. The molecule has 2 heterocycles. The van der Waals surface area contributed by atoms with E-state index in [2.05, 4.69) is 15.6 Å². The van der Waals surface area contributed by atoms with E-state index in [-0.39, 0.29) is 12.1 Å². The number of alkyl halides is 3. The lowest BCUT2D eigenvalue weighted by Crippen LogP contribution is -2.47. The molecule has 0 radical (unpaired) electrons. The zero-order chi connectivity index (χ0) is 15.3. The van der Waals surface area contributed by atoms with Gasteiger partial charge in [-0.2, -0.15) is 13.2 Å². The van der Waals surface area contributed by atoms with Crippen LogP contribution in [-0.2, 0) is 4.74 Å². The van der Waals surface area contributed by atoms with Gasteiger partial charge in [-0.05, 0) is 19.3 Å². The van der Waals surface area contributed by atoms with Crippen molar-refractivity contribution in [2.45, 2.75) is 37.6 Å². The van der Waals surface area contributed by atoms with E-state index in [4.69, 9.17) is 4.74 Å². The Bertz CT molecular complexity index is 356. The zero-order valence-corrected chi connectivity index (χ0v) is 12.2. The van der Waals surface area contributed by atoms with Crippen molar-refractivity contribution in [3.05, 3.63) is 0 Å². The van der Waals surface area contributed by atoms with Gasteiger partial charge in [0.25, 0.3) is 0 Å². The van der Waals surface area contributed by atoms with Gasteiger partial charge in [0.1, 0.15) is 0 Å². The molecule has 2 aliphatic rings. The Morgan fingerprint density at radius 2 is 2.19 bits per heavy atom. The van der Waals surface area contributed by atoms with Gasteiger partial charge < -0.3 is 15.4 Å². The van der Waals surface area contributed by atoms with Gasteiger partial charge in [0, 0.05) is 39.3 Å². The predicted molar refractivity (Wildman–Crippen MR) is 74.4 cm³/mol. The van der Waals surface area contributed by atoms with Crippen LogP contribution in [0.5, 0.6) is 0 Å². The summed E-state index contributed by atoms with van der Waals surface area (Å²) in [4.78, 5) is 5.53. The second-order valence-corrected chi connectivity index (χ2v) is 5.57. The third-order valence-corrected chi connectivity index (χ3v) is 3.76. The molecule has 2 saturated heterocycles. The summed E-state index contributed by atoms with van der Waals surface area (Å²) in [6.07, 6.45) is -1.13. The molecule has 0 aliphatic carbocycles. The fraction of sp³-hybridized carbons (Fsp3) is 0.923. The van der Waals surface area contributed by atoms with Gasteiger partial charge in [-0.15, -0.1) is 0 Å². The lowest BCUT2D eigenvalue weighted by molar-refractivity contribution is -0.143. The minimum absolute atomic E-state index is 0.00282. The van der Waals surface area contributed by atoms with Crippen LogP contribution < -0.4 is 10.6 Å². The largest absolute Gasteiger partial charge is 0.401 e. The summed E-state index contributed by atoms with van der Waals surface area (Å²) in [5.41, 5.74) is 0. The third kappa shape index (κ3) is 5.70. The van der Waals surface area contributed by atoms with Crippen LogP contribution in [0.15, 0.2) is 4.99 Å². The van der Waals surface area contributed by atoms with Crippen molar-refractivity contribution in [2.24, 2.45) is 4.99 Å². The Labute approximate surface area is 122 Å². The molecule has 0 bridgehead atoms. The van der Waals surface area contributed by atoms with Crippen LogP contribution in [0.25, 0.3) is 0 Å². The maximum atomic E-state index is 12.3. The minimum atomic E-state index is -4.13. The summed E-state index contributed by atoms with van der Waals surface area (Å²) in [5.74, 6) is 0.629. The number of hydrogen-bond acceptors (Lipinski definition) is 3. The van der Waals surface area contributed by atoms with Crippen molar-refractivity contribution in [1.82, 2.24) is 15.5 Å². The molecule has 2 atom stereocenters. The standard InChI is InChI=1S/C13H23F3N4O/c1-17-12(18-7-11-3-2-6-21-11)19-10-4-5-20(8-10)9-13(14,15)16/h10-11H,2-9H2,1H3,(H2,17,18,19). The van der Waals surface area contributed by atoms with Crippen LogP contribution in [0.4, 0.5) is 13.2 Å². The van der Waals surface area contributed by atoms with E-state index < -0.39 is 12.7 Å². The average Bonchev–Trinajstić information content (AvgIpc) is 3.04. The summed E-state index contributed by atoms with van der Waals surface area (Å²) in [6.45, 7) is 1.49. The highest BCUT2D eigenvalue weighted by molar-refractivity contribution is 5.80. The van der Waals surface area contributed by atoms with Crippen molar-refractivity contribution in [3.8, 4) is 0 Å². The highest BCUT2D eigenvalue weighted by Crippen LogP contribution is 2.19. The van der Waals surface area contributed by atoms with Gasteiger partial charge in [0.15, 0.2) is 5.96 Å². The van der Waals surface area contributed by atoms with E-state index in [0.29, 0.717) is 32.0 Å². The van der Waals surface area contributed by atoms with Crippen LogP contribution in [-0.4, -0.2) is 69.0 Å². The first-order valence-corrected chi connectivity index (χ1v) is 7.34. The molecule has 5 nitrogen and oxygen atoms in total. The van der Waals surface area contributed by atoms with Gasteiger partial charge in [0.05, 0.1) is 12.6 Å². The molecular formula is C13H23F3N4O. The van der Waals surface area contributed by atoms with Crippen LogP contribution in [0.3, 0.4) is 0 Å². The van der Waals surface area contributed by atoms with E-state index in [9.17, 15) is 13.2 Å². The lowest BCUT2D eigenvalue weighted by atomic mass is 10.2. The van der Waals surface area contributed by atoms with Gasteiger partial charge in [0.2, 0.25) is 0 Å². The molecule has 0 aromatic rings. The molecule has 2 aliphatic heterocycles. The number of likely N-dealkylation sites (tertiary alicyclic amines) is 1. The van der Waals surface area contributed by atoms with E-state index in [1.165, 1.54) is 4.90 Å². The quantitative estimate of drug-likeness (QED) is 0.600. The Morgan fingerprint density at radius 1 is 1.38 bits per heavy atom. The molecule has 0 saturated carbocycles. The van der Waals surface area contributed by atoms with Crippen molar-refractivity contribution >= 4 is 5.96 Å². The number of guanidine groups is 1. The molecule has 2 unspecified atom stereocenters. The highest BCUT2D eigenvalue weighted by atomic mass is 19.4. The van der Waals surface area contributed by atoms with Crippen LogP contribution in [0, 0.1) is 0 Å². The Hall–Kier alpha value is -1.02. The monoisotopic (exact) mass is 308 g/mol. The van der Waals surface area contributed by atoms with Gasteiger partial charge in [-0.1, -0.05) is 0 Å². The third-order valence-electron chi connectivity index (χ3n) is 3.76. The van der Waals surface area contributed by atoms with Gasteiger partial charge >= 0.3 is 6.18 Å². The summed E-state index contributed by atoms with van der Waals surface area (Å²) >= 11 is 0. The smallest absolute Gasteiger partial charge is 0.376 e. The lowest BCUT2D eigenvalue weighted by Gasteiger charge is -2.20. The number of rotatable bonds is 4. The number of ether oxygens (including phenoxy) is 1. The molecule has 2 rings (SSSR count). The SMILES string of the molecule is CN=C(NCC1CCCO1)NC1CCN(CC(F)(F)F)C1. The second-order valence-electron chi connectivity index (χ2n) is 5.57. The number of nitrogens with one attached hydrogen (secondary N) is 2. The van der Waals surface area contributed by atoms with Gasteiger partial charge in [-0.25, -0.2) is 0 Å². The van der Waals surface area contributed by atoms with Crippen LogP contribution in [0.1, 0.15) is 19.3 Å². The topological polar surface area (TPSA) is 48.9 Å². The number of halogens is 3. The molecule has 2 fully saturated rings. The van der Waals surface area contributed by atoms with Gasteiger partial charge in [-0.3, -0.25) is 9.89 Å². The molecule has 0 aromatic heterocycles. The molecular weight excluding hydrogens is 285 g/mol. The molecule has 122 valence electrons. The molecule has 0 spiro atoms. The molecule has 8 heteroatoms. The fourth-order valence-corrected chi connectivity index (χ4v) is 2.75. The first-order valence-electron chi connectivity index (χ1n) is 7.34. The summed E-state index contributed by atoms with van der Waals surface area (Å²) in [6, 6.07) is 0.00282. The van der Waals surface area contributed by atoms with Crippen molar-refractivity contribution < 1.29 is 17.9 Å². The number of aliphatic imine (C=N–C) groups is 1. The van der Waals surface area contributed by atoms with E-state index in [1.807, 2.05) is 0 Å². The van der Waals surface area contributed by atoms with E-state index >= 15 is 0 Å². The van der Waals surface area contributed by atoms with Crippen molar-refractivity contribution in [2.75, 3.05) is 39.8 Å². The molecule has 21 heavy (non-hydrogen) atoms. The zero-order valence-electron chi connectivity index (χ0n) is 12.2. The maximum absolute atomic E-state index is 12.3.